The van der Waals surface area contributed by atoms with Crippen LogP contribution >= 0.6 is 0 Å². The fraction of sp³-hybridized carbons (Fsp3) is 0.682. The Morgan fingerprint density at radius 1 is 1.30 bits per heavy atom. The Morgan fingerprint density at radius 2 is 2.03 bits per heavy atom. The van der Waals surface area contributed by atoms with E-state index in [1.807, 2.05) is 13.2 Å². The van der Waals surface area contributed by atoms with Crippen LogP contribution in [0.2, 0.25) is 0 Å². The molecule has 2 heterocycles. The molecule has 0 bridgehead atoms. The molecule has 1 unspecified atom stereocenters. The largest absolute Gasteiger partial charge is 0.465 e. The summed E-state index contributed by atoms with van der Waals surface area (Å²) in [5.74, 6) is -0.0298. The van der Waals surface area contributed by atoms with E-state index in [0.29, 0.717) is 19.6 Å². The van der Waals surface area contributed by atoms with Crippen LogP contribution in [0.5, 0.6) is 0 Å². The van der Waals surface area contributed by atoms with Crippen LogP contribution in [0.15, 0.2) is 12.3 Å². The zero-order chi connectivity index (χ0) is 21.9. The molecule has 2 N–H and O–H groups in total. The van der Waals surface area contributed by atoms with Crippen molar-refractivity contribution >= 4 is 17.6 Å². The molecule has 8 nitrogen and oxygen atoms in total. The number of esters is 1. The third kappa shape index (κ3) is 4.38. The predicted octanol–water partition coefficient (Wildman–Crippen LogP) is 3.51. The number of hydrogen-bond acceptors (Lipinski definition) is 5. The van der Waals surface area contributed by atoms with Gasteiger partial charge in [0, 0.05) is 51.3 Å². The Morgan fingerprint density at radius 3 is 2.60 bits per heavy atom. The molecule has 8 heteroatoms. The summed E-state index contributed by atoms with van der Waals surface area (Å²) in [6, 6.07) is 0. The topological polar surface area (TPSA) is 98.8 Å². The van der Waals surface area contributed by atoms with Gasteiger partial charge in [-0.1, -0.05) is 19.9 Å². The third-order valence-electron chi connectivity index (χ3n) is 6.93. The molecule has 1 spiro atoms. The minimum atomic E-state index is -0.920. The predicted molar refractivity (Wildman–Crippen MR) is 114 cm³/mol. The number of hydrogen-bond donors (Lipinski definition) is 2. The van der Waals surface area contributed by atoms with Crippen molar-refractivity contribution in [3.05, 3.63) is 23.5 Å². The van der Waals surface area contributed by atoms with Crippen LogP contribution in [0.4, 0.5) is 4.79 Å². The van der Waals surface area contributed by atoms with Gasteiger partial charge >= 0.3 is 12.1 Å². The van der Waals surface area contributed by atoms with Gasteiger partial charge in [0.05, 0.1) is 11.1 Å². The quantitative estimate of drug-likeness (QED) is 0.627. The van der Waals surface area contributed by atoms with Gasteiger partial charge in [0.2, 0.25) is 0 Å². The van der Waals surface area contributed by atoms with Crippen LogP contribution in [-0.2, 0) is 16.1 Å². The molecule has 1 aromatic rings. The molecule has 1 atom stereocenters. The molecule has 1 fully saturated rings. The normalized spacial score (nSPS) is 23.0. The Hall–Kier alpha value is -2.35. The van der Waals surface area contributed by atoms with Crippen molar-refractivity contribution < 1.29 is 19.4 Å². The average molecular weight is 419 g/mol. The van der Waals surface area contributed by atoms with E-state index in [0.717, 1.165) is 49.8 Å². The number of amides is 1. The molecule has 2 aliphatic rings. The van der Waals surface area contributed by atoms with Crippen LogP contribution in [0.1, 0.15) is 63.6 Å². The second-order valence-electron chi connectivity index (χ2n) is 8.87. The maximum Gasteiger partial charge on any atom is 0.407 e. The number of aromatic nitrogens is 2. The molecule has 30 heavy (non-hydrogen) atoms. The Balaban J connectivity index is 1.65. The lowest BCUT2D eigenvalue weighted by molar-refractivity contribution is -0.154. The van der Waals surface area contributed by atoms with E-state index in [1.165, 1.54) is 10.5 Å². The number of likely N-dealkylation sites (N-methyl/N-ethyl adjacent to an activating group) is 2. The monoisotopic (exact) mass is 418 g/mol. The highest BCUT2D eigenvalue weighted by atomic mass is 16.6. The van der Waals surface area contributed by atoms with Crippen LogP contribution in [0, 0.1) is 5.41 Å². The van der Waals surface area contributed by atoms with E-state index < -0.39 is 6.09 Å². The summed E-state index contributed by atoms with van der Waals surface area (Å²) in [4.78, 5) is 26.9. The van der Waals surface area contributed by atoms with Crippen LogP contribution in [-0.4, -0.2) is 70.0 Å². The lowest BCUT2D eigenvalue weighted by Crippen LogP contribution is -2.33. The molecule has 0 aromatic carbocycles. The molecule has 3 rings (SSSR count). The van der Waals surface area contributed by atoms with Gasteiger partial charge in [0.15, 0.2) is 0 Å². The van der Waals surface area contributed by atoms with Crippen LogP contribution in [0.25, 0.3) is 5.57 Å². The first kappa shape index (κ1) is 22.3. The van der Waals surface area contributed by atoms with Crippen LogP contribution < -0.4 is 0 Å². The minimum Gasteiger partial charge on any atom is -0.465 e. The average Bonchev–Trinajstić information content (AvgIpc) is 3.29. The van der Waals surface area contributed by atoms with E-state index in [2.05, 4.69) is 35.0 Å². The molecule has 1 amide bonds. The van der Waals surface area contributed by atoms with Gasteiger partial charge in [-0.05, 0) is 38.3 Å². The minimum absolute atomic E-state index is 0.0298. The van der Waals surface area contributed by atoms with Gasteiger partial charge in [-0.25, -0.2) is 4.79 Å². The Kier molecular flexibility index (Phi) is 6.55. The zero-order valence-electron chi connectivity index (χ0n) is 18.5. The summed E-state index contributed by atoms with van der Waals surface area (Å²) in [5, 5.41) is 16.4. The lowest BCUT2D eigenvalue weighted by atomic mass is 9.72. The molecular weight excluding hydrogens is 384 g/mol. The first-order valence-corrected chi connectivity index (χ1v) is 10.8. The standard InChI is InChI=1S/C22H34N4O4/c1-5-21(6-2)15-22(30-19(21)27)9-7-16(8-10-22)18-17(13-23-24-18)14-25(3)11-12-26(4)20(28)29/h7,13H,5-6,8-12,14-15H2,1-4H3,(H,23,24)(H,28,29). The summed E-state index contributed by atoms with van der Waals surface area (Å²) in [7, 11) is 3.55. The van der Waals surface area contributed by atoms with Crippen molar-refractivity contribution in [1.82, 2.24) is 20.0 Å². The number of carbonyl (C=O) groups excluding carboxylic acids is 1. The fourth-order valence-corrected chi connectivity index (χ4v) is 4.66. The smallest absolute Gasteiger partial charge is 0.407 e. The van der Waals surface area contributed by atoms with Gasteiger partial charge in [0.1, 0.15) is 5.60 Å². The van der Waals surface area contributed by atoms with Crippen molar-refractivity contribution in [2.75, 3.05) is 27.2 Å². The summed E-state index contributed by atoms with van der Waals surface area (Å²) in [6.07, 6.45) is 8.04. The number of nitrogens with one attached hydrogen (secondary N) is 1. The highest BCUT2D eigenvalue weighted by Gasteiger charge is 2.54. The van der Waals surface area contributed by atoms with Gasteiger partial charge in [-0.15, -0.1) is 0 Å². The fourth-order valence-electron chi connectivity index (χ4n) is 4.66. The first-order chi connectivity index (χ1) is 14.2. The van der Waals surface area contributed by atoms with Crippen molar-refractivity contribution in [2.24, 2.45) is 5.41 Å². The molecule has 1 aliphatic heterocycles. The highest BCUT2D eigenvalue weighted by molar-refractivity contribution is 5.80. The Bertz CT molecular complexity index is 814. The van der Waals surface area contributed by atoms with Gasteiger partial charge < -0.3 is 19.6 Å². The van der Waals surface area contributed by atoms with Crippen molar-refractivity contribution in [2.45, 2.75) is 64.5 Å². The number of allylic oxidation sites excluding steroid dienone is 1. The van der Waals surface area contributed by atoms with E-state index in [1.54, 1.807) is 7.05 Å². The van der Waals surface area contributed by atoms with E-state index in [9.17, 15) is 9.59 Å². The summed E-state index contributed by atoms with van der Waals surface area (Å²) < 4.78 is 5.95. The number of H-pyrrole nitrogens is 1. The summed E-state index contributed by atoms with van der Waals surface area (Å²) >= 11 is 0. The summed E-state index contributed by atoms with van der Waals surface area (Å²) in [5.41, 5.74) is 2.56. The molecule has 0 radical (unpaired) electrons. The number of ether oxygens (including phenoxy) is 1. The Labute approximate surface area is 178 Å². The van der Waals surface area contributed by atoms with Crippen molar-refractivity contribution in [3.8, 4) is 0 Å². The van der Waals surface area contributed by atoms with E-state index in [4.69, 9.17) is 9.84 Å². The number of carbonyl (C=O) groups is 2. The summed E-state index contributed by atoms with van der Waals surface area (Å²) in [6.45, 7) is 5.93. The number of nitrogens with zero attached hydrogens (tertiary/aromatic N) is 3. The third-order valence-corrected chi connectivity index (χ3v) is 6.93. The maximum atomic E-state index is 12.6. The molecule has 1 saturated heterocycles. The molecular formula is C22H34N4O4. The highest BCUT2D eigenvalue weighted by Crippen LogP contribution is 2.51. The molecule has 1 aromatic heterocycles. The van der Waals surface area contributed by atoms with E-state index in [-0.39, 0.29) is 17.0 Å². The maximum absolute atomic E-state index is 12.6. The number of aromatic amines is 1. The van der Waals surface area contributed by atoms with Crippen molar-refractivity contribution in [3.63, 3.8) is 0 Å². The van der Waals surface area contributed by atoms with Crippen molar-refractivity contribution in [1.29, 1.82) is 0 Å². The molecule has 166 valence electrons. The number of rotatable bonds is 8. The SMILES string of the molecule is CCC1(CC)CC2(CC=C(c3n[nH]cc3CN(C)CCN(C)C(=O)O)CC2)OC1=O. The second kappa shape index (κ2) is 8.79. The number of carboxylic acid groups (broad SMARTS) is 1. The molecule has 0 saturated carbocycles. The van der Waals surface area contributed by atoms with Gasteiger partial charge in [-0.3, -0.25) is 9.89 Å². The zero-order valence-corrected chi connectivity index (χ0v) is 18.5. The van der Waals surface area contributed by atoms with Crippen LogP contribution in [0.3, 0.4) is 0 Å². The first-order valence-electron chi connectivity index (χ1n) is 10.8. The van der Waals surface area contributed by atoms with Gasteiger partial charge in [0.25, 0.3) is 0 Å². The second-order valence-corrected chi connectivity index (χ2v) is 8.87. The lowest BCUT2D eigenvalue weighted by Gasteiger charge is -2.32. The molecule has 1 aliphatic carbocycles. The van der Waals surface area contributed by atoms with Gasteiger partial charge in [-0.2, -0.15) is 5.10 Å². The van der Waals surface area contributed by atoms with E-state index >= 15 is 0 Å².